The van der Waals surface area contributed by atoms with Gasteiger partial charge in [-0.2, -0.15) is 13.2 Å². The number of rotatable bonds is 7. The smallest absolute Gasteiger partial charge is 0.453 e. The number of anilines is 1. The van der Waals surface area contributed by atoms with Gasteiger partial charge in [0.15, 0.2) is 6.61 Å². The Morgan fingerprint density at radius 3 is 2.31 bits per heavy atom. The van der Waals surface area contributed by atoms with Gasteiger partial charge in [-0.1, -0.05) is 12.1 Å². The second-order valence-corrected chi connectivity index (χ2v) is 7.34. The molecule has 0 fully saturated rings. The van der Waals surface area contributed by atoms with E-state index in [9.17, 15) is 27.2 Å². The number of carbonyl (C=O) groups excluding carboxylic acids is 1. The summed E-state index contributed by atoms with van der Waals surface area (Å²) in [6.45, 7) is -0.575. The molecule has 1 N–H and O–H groups in total. The molecule has 36 heavy (non-hydrogen) atoms. The van der Waals surface area contributed by atoms with E-state index in [1.807, 2.05) is 0 Å². The molecular formula is C25H17F4NO6. The average molecular weight is 503 g/mol. The van der Waals surface area contributed by atoms with Crippen molar-refractivity contribution < 1.29 is 41.0 Å². The predicted octanol–water partition coefficient (Wildman–Crippen LogP) is 5.77. The minimum atomic E-state index is -5.05. The molecule has 0 atom stereocenters. The van der Waals surface area contributed by atoms with Crippen LogP contribution in [0.2, 0.25) is 0 Å². The van der Waals surface area contributed by atoms with Crippen molar-refractivity contribution >= 4 is 22.6 Å². The highest BCUT2D eigenvalue weighted by Crippen LogP contribution is 2.38. The minimum absolute atomic E-state index is 0.0335. The third-order valence-electron chi connectivity index (χ3n) is 4.88. The minimum Gasteiger partial charge on any atom is -0.497 e. The second-order valence-electron chi connectivity index (χ2n) is 7.34. The number of alkyl halides is 3. The van der Waals surface area contributed by atoms with Gasteiger partial charge in [0.05, 0.1) is 18.2 Å². The standard InChI is InChI=1S/C25H17F4NO6/c1-33-14-6-8-15(9-7-14)35-23-22(32)17-11-10-16(12-20(17)36-24(23)25(27,28)29)34-13-21(31)30-19-5-3-2-4-18(19)26/h2-12H,13H2,1H3,(H,30,31). The number of methoxy groups -OCH3 is 1. The highest BCUT2D eigenvalue weighted by molar-refractivity contribution is 5.92. The molecule has 0 unspecified atom stereocenters. The van der Waals surface area contributed by atoms with Crippen LogP contribution in [0.15, 0.2) is 75.9 Å². The van der Waals surface area contributed by atoms with Gasteiger partial charge in [-0.05, 0) is 48.5 Å². The lowest BCUT2D eigenvalue weighted by atomic mass is 10.2. The summed E-state index contributed by atoms with van der Waals surface area (Å²) in [4.78, 5) is 24.9. The van der Waals surface area contributed by atoms with Crippen LogP contribution in [0.3, 0.4) is 0 Å². The highest BCUT2D eigenvalue weighted by Gasteiger charge is 2.40. The normalized spacial score (nSPS) is 11.2. The maximum Gasteiger partial charge on any atom is 0.453 e. The molecule has 4 rings (SSSR count). The van der Waals surface area contributed by atoms with Crippen LogP contribution in [-0.4, -0.2) is 19.6 Å². The molecule has 186 valence electrons. The molecule has 0 saturated carbocycles. The van der Waals surface area contributed by atoms with Gasteiger partial charge in [-0.15, -0.1) is 0 Å². The van der Waals surface area contributed by atoms with Crippen LogP contribution in [0.4, 0.5) is 23.2 Å². The number of nitrogens with one attached hydrogen (secondary N) is 1. The van der Waals surface area contributed by atoms with Gasteiger partial charge in [-0.25, -0.2) is 4.39 Å². The summed E-state index contributed by atoms with van der Waals surface area (Å²) in [5.74, 6) is -3.66. The van der Waals surface area contributed by atoms with E-state index in [0.29, 0.717) is 5.75 Å². The first-order valence-corrected chi connectivity index (χ1v) is 10.3. The number of carbonyl (C=O) groups is 1. The average Bonchev–Trinajstić information content (AvgIpc) is 2.85. The molecule has 7 nitrogen and oxygen atoms in total. The quantitative estimate of drug-likeness (QED) is 0.322. The molecule has 0 radical (unpaired) electrons. The van der Waals surface area contributed by atoms with Crippen molar-refractivity contribution in [3.05, 3.63) is 88.5 Å². The molecule has 0 aliphatic carbocycles. The molecule has 1 heterocycles. The van der Waals surface area contributed by atoms with Crippen molar-refractivity contribution in [3.63, 3.8) is 0 Å². The van der Waals surface area contributed by atoms with Gasteiger partial charge in [0.25, 0.3) is 11.7 Å². The van der Waals surface area contributed by atoms with Crippen molar-refractivity contribution in [1.29, 1.82) is 0 Å². The van der Waals surface area contributed by atoms with E-state index in [4.69, 9.17) is 18.6 Å². The maximum atomic E-state index is 13.7. The lowest BCUT2D eigenvalue weighted by molar-refractivity contribution is -0.154. The van der Waals surface area contributed by atoms with Gasteiger partial charge in [-0.3, -0.25) is 9.59 Å². The van der Waals surface area contributed by atoms with Crippen molar-refractivity contribution in [2.24, 2.45) is 0 Å². The van der Waals surface area contributed by atoms with Crippen LogP contribution in [0, 0.1) is 5.82 Å². The summed E-state index contributed by atoms with van der Waals surface area (Å²) in [5.41, 5.74) is -1.54. The first kappa shape index (κ1) is 24.6. The third kappa shape index (κ3) is 5.40. The number of halogens is 4. The molecule has 1 aromatic heterocycles. The highest BCUT2D eigenvalue weighted by atomic mass is 19.4. The number of fused-ring (bicyclic) bond motifs is 1. The van der Waals surface area contributed by atoms with E-state index in [2.05, 4.69) is 5.32 Å². The monoisotopic (exact) mass is 503 g/mol. The summed E-state index contributed by atoms with van der Waals surface area (Å²) < 4.78 is 75.4. The van der Waals surface area contributed by atoms with Crippen LogP contribution in [0.25, 0.3) is 11.0 Å². The maximum absolute atomic E-state index is 13.7. The van der Waals surface area contributed by atoms with Crippen molar-refractivity contribution in [3.8, 4) is 23.0 Å². The number of para-hydroxylation sites is 1. The molecule has 0 aliphatic heterocycles. The lowest BCUT2D eigenvalue weighted by Gasteiger charge is -2.14. The van der Waals surface area contributed by atoms with Crippen LogP contribution in [-0.2, 0) is 11.0 Å². The molecule has 0 spiro atoms. The Balaban J connectivity index is 1.60. The summed E-state index contributed by atoms with van der Waals surface area (Å²) in [7, 11) is 1.42. The van der Waals surface area contributed by atoms with Crippen LogP contribution in [0.5, 0.6) is 23.0 Å². The van der Waals surface area contributed by atoms with E-state index in [0.717, 1.165) is 12.1 Å². The number of ether oxygens (including phenoxy) is 3. The Bertz CT molecular complexity index is 1460. The van der Waals surface area contributed by atoms with E-state index in [1.165, 1.54) is 61.7 Å². The Kier molecular flexibility index (Phi) is 6.82. The second kappa shape index (κ2) is 9.98. The number of hydrogen-bond donors (Lipinski definition) is 1. The van der Waals surface area contributed by atoms with Crippen molar-refractivity contribution in [1.82, 2.24) is 0 Å². The third-order valence-corrected chi connectivity index (χ3v) is 4.88. The van der Waals surface area contributed by atoms with Crippen molar-refractivity contribution in [2.75, 3.05) is 19.0 Å². The summed E-state index contributed by atoms with van der Waals surface area (Å²) in [5, 5.41) is 2.11. The Morgan fingerprint density at radius 1 is 0.972 bits per heavy atom. The Morgan fingerprint density at radius 2 is 1.64 bits per heavy atom. The zero-order valence-corrected chi connectivity index (χ0v) is 18.5. The fourth-order valence-electron chi connectivity index (χ4n) is 3.18. The molecule has 1 amide bonds. The molecular weight excluding hydrogens is 486 g/mol. The van der Waals surface area contributed by atoms with Crippen molar-refractivity contribution in [2.45, 2.75) is 6.18 Å². The number of benzene rings is 3. The number of hydrogen-bond acceptors (Lipinski definition) is 6. The summed E-state index contributed by atoms with van der Waals surface area (Å²) in [6.07, 6.45) is -5.05. The van der Waals surface area contributed by atoms with Crippen LogP contribution >= 0.6 is 0 Å². The van der Waals surface area contributed by atoms with Crippen LogP contribution < -0.4 is 25.0 Å². The van der Waals surface area contributed by atoms with Crippen LogP contribution in [0.1, 0.15) is 5.76 Å². The van der Waals surface area contributed by atoms with Gasteiger partial charge in [0, 0.05) is 6.07 Å². The Hall–Kier alpha value is -4.54. The summed E-state index contributed by atoms with van der Waals surface area (Å²) >= 11 is 0. The Labute approximate surface area is 200 Å². The fourth-order valence-corrected chi connectivity index (χ4v) is 3.18. The molecule has 0 saturated heterocycles. The number of amides is 1. The van der Waals surface area contributed by atoms with Gasteiger partial charge >= 0.3 is 6.18 Å². The van der Waals surface area contributed by atoms with E-state index in [1.54, 1.807) is 0 Å². The molecule has 4 aromatic rings. The SMILES string of the molecule is COc1ccc(Oc2c(C(F)(F)F)oc3cc(OCC(=O)Nc4ccccc4F)ccc3c2=O)cc1. The zero-order valence-electron chi connectivity index (χ0n) is 18.5. The molecule has 0 bridgehead atoms. The first-order chi connectivity index (χ1) is 17.2. The first-order valence-electron chi connectivity index (χ1n) is 10.3. The molecule has 11 heteroatoms. The molecule has 0 aliphatic rings. The van der Waals surface area contributed by atoms with E-state index >= 15 is 0 Å². The van der Waals surface area contributed by atoms with Gasteiger partial charge in [0.2, 0.25) is 11.2 Å². The van der Waals surface area contributed by atoms with Gasteiger partial charge in [0.1, 0.15) is 28.6 Å². The van der Waals surface area contributed by atoms with Gasteiger partial charge < -0.3 is 23.9 Å². The van der Waals surface area contributed by atoms with E-state index in [-0.39, 0.29) is 22.6 Å². The lowest BCUT2D eigenvalue weighted by Crippen LogP contribution is -2.20. The molecule has 3 aromatic carbocycles. The summed E-state index contributed by atoms with van der Waals surface area (Å²) in [6, 6.07) is 14.6. The largest absolute Gasteiger partial charge is 0.497 e. The topological polar surface area (TPSA) is 87.0 Å². The zero-order chi connectivity index (χ0) is 25.9. The fraction of sp³-hybridized carbons (Fsp3) is 0.120. The van der Waals surface area contributed by atoms with E-state index < -0.39 is 47.0 Å². The predicted molar refractivity (Wildman–Crippen MR) is 121 cm³/mol.